The zero-order valence-electron chi connectivity index (χ0n) is 14.2. The number of aromatic nitrogens is 1. The van der Waals surface area contributed by atoms with Crippen LogP contribution in [0.2, 0.25) is 5.02 Å². The van der Waals surface area contributed by atoms with Gasteiger partial charge in [-0.05, 0) is 31.2 Å². The Morgan fingerprint density at radius 1 is 1.31 bits per heavy atom. The van der Waals surface area contributed by atoms with Gasteiger partial charge >= 0.3 is 5.97 Å². The topological polar surface area (TPSA) is 93.1 Å². The number of ether oxygens (including phenoxy) is 2. The van der Waals surface area contributed by atoms with E-state index in [1.54, 1.807) is 31.2 Å². The molecule has 0 aliphatic carbocycles. The van der Waals surface area contributed by atoms with Crippen molar-refractivity contribution in [3.05, 3.63) is 72.6 Å². The zero-order valence-corrected chi connectivity index (χ0v) is 15.0. The minimum Gasteiger partial charge on any atom is -0.479 e. The van der Waals surface area contributed by atoms with Crippen LogP contribution in [-0.4, -0.2) is 29.1 Å². The summed E-state index contributed by atoms with van der Waals surface area (Å²) < 4.78 is 15.2. The molecule has 138 valence electrons. The molecule has 1 unspecified atom stereocenters. The van der Waals surface area contributed by atoms with Crippen molar-refractivity contribution in [2.45, 2.75) is 13.0 Å². The normalized spacial score (nSPS) is 10.7. The van der Waals surface area contributed by atoms with E-state index in [4.69, 9.17) is 25.5 Å². The van der Waals surface area contributed by atoms with Crippen molar-refractivity contribution >= 4 is 28.7 Å². The number of oxazole rings is 1. The highest BCUT2D eigenvalue weighted by atomic mass is 35.5. The summed E-state index contributed by atoms with van der Waals surface area (Å²) in [4.78, 5) is 15.2. The first-order chi connectivity index (χ1) is 12.1. The van der Waals surface area contributed by atoms with E-state index in [0.717, 1.165) is 11.1 Å². The number of carbonyl (C=O) groups is 1. The number of hydrogen-bond donors (Lipinski definition) is 0. The minimum absolute atomic E-state index is 0. The Balaban J connectivity index is 0.000000267. The lowest BCUT2D eigenvalue weighted by Crippen LogP contribution is -2.26. The van der Waals surface area contributed by atoms with E-state index in [1.165, 1.54) is 12.5 Å². The van der Waals surface area contributed by atoms with Crippen molar-refractivity contribution in [3.8, 4) is 5.75 Å². The predicted octanol–water partition coefficient (Wildman–Crippen LogP) is 3.84. The number of nitrogens with zero attached hydrogens (tertiary/aromatic N) is 1. The van der Waals surface area contributed by atoms with Gasteiger partial charge < -0.3 is 19.4 Å². The lowest BCUT2D eigenvalue weighted by molar-refractivity contribution is -0.149. The maximum absolute atomic E-state index is 11.3. The van der Waals surface area contributed by atoms with Gasteiger partial charge in [0.1, 0.15) is 17.9 Å². The smallest absolute Gasteiger partial charge is 0.347 e. The first kappa shape index (κ1) is 21.2. The van der Waals surface area contributed by atoms with E-state index in [0.29, 0.717) is 10.8 Å². The number of hydrogen-bond acceptors (Lipinski definition) is 5. The first-order valence-corrected chi connectivity index (χ1v) is 7.96. The molecule has 0 spiro atoms. The van der Waals surface area contributed by atoms with Crippen LogP contribution in [0.25, 0.3) is 11.1 Å². The highest BCUT2D eigenvalue weighted by Crippen LogP contribution is 2.17. The molecule has 1 heterocycles. The summed E-state index contributed by atoms with van der Waals surface area (Å²) in [6.07, 6.45) is 2.32. The molecule has 0 aliphatic heterocycles. The third-order valence-corrected chi connectivity index (χ3v) is 3.26. The van der Waals surface area contributed by atoms with Crippen LogP contribution in [-0.2, 0) is 9.53 Å². The largest absolute Gasteiger partial charge is 0.479 e. The van der Waals surface area contributed by atoms with Crippen molar-refractivity contribution in [1.29, 1.82) is 0 Å². The Bertz CT molecular complexity index is 819. The second-order valence-electron chi connectivity index (χ2n) is 4.96. The average molecular weight is 378 g/mol. The van der Waals surface area contributed by atoms with Crippen LogP contribution < -0.4 is 4.74 Å². The summed E-state index contributed by atoms with van der Waals surface area (Å²) >= 11 is 5.69. The summed E-state index contributed by atoms with van der Waals surface area (Å²) in [5.41, 5.74) is 1.57. The van der Waals surface area contributed by atoms with Crippen LogP contribution in [0.5, 0.6) is 5.75 Å². The fraction of sp³-hybridized carbons (Fsp3) is 0.158. The molecular weight excluding hydrogens is 358 g/mol. The van der Waals surface area contributed by atoms with Crippen LogP contribution in [0.15, 0.2) is 72.0 Å². The molecule has 1 aromatic heterocycles. The van der Waals surface area contributed by atoms with Gasteiger partial charge in [-0.25, -0.2) is 9.78 Å². The lowest BCUT2D eigenvalue weighted by Gasteiger charge is -2.12. The van der Waals surface area contributed by atoms with Crippen molar-refractivity contribution in [2.75, 3.05) is 6.61 Å². The Hall–Kier alpha value is -2.83. The molecule has 0 saturated heterocycles. The molecule has 26 heavy (non-hydrogen) atoms. The average Bonchev–Trinajstić information content (AvgIpc) is 3.08. The van der Waals surface area contributed by atoms with E-state index in [-0.39, 0.29) is 12.1 Å². The van der Waals surface area contributed by atoms with Gasteiger partial charge in [-0.15, -0.1) is 0 Å². The Morgan fingerprint density at radius 3 is 2.73 bits per heavy atom. The molecule has 2 aromatic carbocycles. The van der Waals surface area contributed by atoms with Gasteiger partial charge in [0.05, 0.1) is 0 Å². The fourth-order valence-corrected chi connectivity index (χ4v) is 2.00. The summed E-state index contributed by atoms with van der Waals surface area (Å²) in [6, 6.07) is 14.5. The van der Waals surface area contributed by atoms with Crippen LogP contribution in [0.1, 0.15) is 6.92 Å². The molecule has 6 nitrogen and oxygen atoms in total. The molecule has 0 saturated carbocycles. The van der Waals surface area contributed by atoms with E-state index in [9.17, 15) is 4.79 Å². The van der Waals surface area contributed by atoms with Crippen LogP contribution in [0, 0.1) is 0 Å². The molecule has 3 aromatic rings. The quantitative estimate of drug-likeness (QED) is 0.497. The van der Waals surface area contributed by atoms with Crippen molar-refractivity contribution in [3.63, 3.8) is 0 Å². The van der Waals surface area contributed by atoms with Gasteiger partial charge in [-0.2, -0.15) is 0 Å². The van der Waals surface area contributed by atoms with Gasteiger partial charge in [-0.1, -0.05) is 42.5 Å². The number of para-hydroxylation sites is 1. The molecule has 0 aliphatic rings. The van der Waals surface area contributed by atoms with Gasteiger partial charge in [0.25, 0.3) is 0 Å². The van der Waals surface area contributed by atoms with E-state index >= 15 is 0 Å². The molecule has 0 amide bonds. The number of rotatable bonds is 5. The Kier molecular flexibility index (Phi) is 8.91. The Labute approximate surface area is 156 Å². The van der Waals surface area contributed by atoms with Gasteiger partial charge in [-0.3, -0.25) is 0 Å². The third-order valence-electron chi connectivity index (χ3n) is 3.02. The van der Waals surface area contributed by atoms with Crippen molar-refractivity contribution < 1.29 is 24.2 Å². The number of esters is 1. The van der Waals surface area contributed by atoms with Crippen molar-refractivity contribution in [1.82, 2.24) is 4.98 Å². The van der Waals surface area contributed by atoms with Gasteiger partial charge in [0.2, 0.25) is 0 Å². The maximum Gasteiger partial charge on any atom is 0.347 e. The molecule has 0 bridgehead atoms. The molecular formula is C19H20ClNO5. The lowest BCUT2D eigenvalue weighted by atomic mass is 10.3. The standard InChI is InChI=1S/C12H14O3.C7H4ClNO.H2O/c1-3-9-14-12(13)10(2)15-11-7-5-4-6-8-11;8-5-1-2-6-7(3-5)10-4-9-6;/h3-8,10H,1,9H2,2H3;1-4H;1H2. The highest BCUT2D eigenvalue weighted by Gasteiger charge is 2.15. The van der Waals surface area contributed by atoms with Gasteiger partial charge in [0, 0.05) is 11.1 Å². The highest BCUT2D eigenvalue weighted by molar-refractivity contribution is 6.31. The number of benzene rings is 2. The fourth-order valence-electron chi connectivity index (χ4n) is 1.84. The molecule has 0 fully saturated rings. The predicted molar refractivity (Wildman–Crippen MR) is 100 cm³/mol. The zero-order chi connectivity index (χ0) is 18.1. The van der Waals surface area contributed by atoms with E-state index < -0.39 is 12.1 Å². The minimum atomic E-state index is -0.604. The monoisotopic (exact) mass is 377 g/mol. The van der Waals surface area contributed by atoms with Crippen LogP contribution in [0.4, 0.5) is 0 Å². The molecule has 7 heteroatoms. The number of carbonyl (C=O) groups excluding carboxylic acids is 1. The summed E-state index contributed by atoms with van der Waals surface area (Å²) in [5, 5.41) is 0.671. The SMILES string of the molecule is C=CCOC(=O)C(C)Oc1ccccc1.Clc1ccc2ncoc2c1.O. The van der Waals surface area contributed by atoms with Crippen LogP contribution in [0.3, 0.4) is 0 Å². The third kappa shape index (κ3) is 6.58. The second-order valence-corrected chi connectivity index (χ2v) is 5.39. The molecule has 1 atom stereocenters. The summed E-state index contributed by atoms with van der Waals surface area (Å²) in [7, 11) is 0. The second kappa shape index (κ2) is 10.9. The van der Waals surface area contributed by atoms with E-state index in [1.807, 2.05) is 24.3 Å². The van der Waals surface area contributed by atoms with Crippen LogP contribution >= 0.6 is 11.6 Å². The van der Waals surface area contributed by atoms with Crippen molar-refractivity contribution in [2.24, 2.45) is 0 Å². The molecule has 3 rings (SSSR count). The summed E-state index contributed by atoms with van der Waals surface area (Å²) in [6.45, 7) is 5.32. The number of halogens is 1. The van der Waals surface area contributed by atoms with E-state index in [2.05, 4.69) is 11.6 Å². The summed E-state index contributed by atoms with van der Waals surface area (Å²) in [5.74, 6) is 0.263. The molecule has 0 radical (unpaired) electrons. The Morgan fingerprint density at radius 2 is 2.04 bits per heavy atom. The maximum atomic E-state index is 11.3. The first-order valence-electron chi connectivity index (χ1n) is 7.58. The van der Waals surface area contributed by atoms with Gasteiger partial charge in [0.15, 0.2) is 18.1 Å². The number of fused-ring (bicyclic) bond motifs is 1. The molecule has 2 N–H and O–H groups in total.